The highest BCUT2D eigenvalue weighted by atomic mass is 16.5. The Morgan fingerprint density at radius 1 is 1.38 bits per heavy atom. The fourth-order valence-corrected chi connectivity index (χ4v) is 2.39. The van der Waals surface area contributed by atoms with Gasteiger partial charge in [0.2, 0.25) is 0 Å². The lowest BCUT2D eigenvalue weighted by molar-refractivity contribution is -0.122. The van der Waals surface area contributed by atoms with E-state index in [4.69, 9.17) is 4.74 Å². The first-order chi connectivity index (χ1) is 10.0. The number of hydrogen-bond acceptors (Lipinski definition) is 4. The van der Waals surface area contributed by atoms with E-state index in [0.29, 0.717) is 18.0 Å². The third kappa shape index (κ3) is 3.29. The number of hydrogen-bond donors (Lipinski definition) is 3. The number of nitrogens with one attached hydrogen (secondary N) is 2. The molecule has 0 radical (unpaired) electrons. The van der Waals surface area contributed by atoms with Crippen LogP contribution in [0, 0.1) is 5.41 Å². The molecule has 0 saturated carbocycles. The molecule has 21 heavy (non-hydrogen) atoms. The molecule has 3 N–H and O–H groups in total. The van der Waals surface area contributed by atoms with Crippen LogP contribution in [0.4, 0.5) is 11.4 Å². The number of carbonyl (C=O) groups excluding carboxylic acids is 1. The Morgan fingerprint density at radius 2 is 2.10 bits per heavy atom. The number of fused-ring (bicyclic) bond motifs is 1. The maximum absolute atomic E-state index is 11.6. The molecule has 1 atom stereocenters. The SMILES string of the molecule is CCC(CC)(CO)CNc1ccc2c(c1)NC(=O)C(C)O2. The Balaban J connectivity index is 2.09. The highest BCUT2D eigenvalue weighted by Gasteiger charge is 2.26. The molecule has 2 rings (SSSR count). The van der Waals surface area contributed by atoms with Gasteiger partial charge in [0.1, 0.15) is 5.75 Å². The zero-order valence-corrected chi connectivity index (χ0v) is 12.9. The molecule has 0 fully saturated rings. The third-order valence-corrected chi connectivity index (χ3v) is 4.41. The van der Waals surface area contributed by atoms with Gasteiger partial charge in [-0.25, -0.2) is 0 Å². The minimum Gasteiger partial charge on any atom is -0.479 e. The average molecular weight is 292 g/mol. The zero-order valence-electron chi connectivity index (χ0n) is 12.9. The molecule has 5 heteroatoms. The minimum absolute atomic E-state index is 0.107. The van der Waals surface area contributed by atoms with Crippen LogP contribution in [0.2, 0.25) is 0 Å². The second-order valence-corrected chi connectivity index (χ2v) is 5.68. The van der Waals surface area contributed by atoms with Crippen LogP contribution in [0.3, 0.4) is 0 Å². The van der Waals surface area contributed by atoms with Gasteiger partial charge < -0.3 is 20.5 Å². The fourth-order valence-electron chi connectivity index (χ4n) is 2.39. The number of benzene rings is 1. The molecule has 0 saturated heterocycles. The first-order valence-electron chi connectivity index (χ1n) is 7.50. The van der Waals surface area contributed by atoms with Gasteiger partial charge in [0, 0.05) is 17.6 Å². The molecule has 1 aromatic rings. The molecular formula is C16H24N2O3. The van der Waals surface area contributed by atoms with Gasteiger partial charge in [0.25, 0.3) is 5.91 Å². The third-order valence-electron chi connectivity index (χ3n) is 4.41. The molecule has 1 aliphatic heterocycles. The van der Waals surface area contributed by atoms with E-state index in [1.807, 2.05) is 18.2 Å². The number of carbonyl (C=O) groups is 1. The smallest absolute Gasteiger partial charge is 0.265 e. The molecule has 1 aromatic carbocycles. The molecule has 0 bridgehead atoms. The van der Waals surface area contributed by atoms with Crippen LogP contribution in [0.15, 0.2) is 18.2 Å². The van der Waals surface area contributed by atoms with Crippen molar-refractivity contribution in [3.63, 3.8) is 0 Å². The normalized spacial score (nSPS) is 17.7. The summed E-state index contributed by atoms with van der Waals surface area (Å²) >= 11 is 0. The van der Waals surface area contributed by atoms with Crippen LogP contribution in [-0.2, 0) is 4.79 Å². The van der Waals surface area contributed by atoms with Crippen LogP contribution < -0.4 is 15.4 Å². The van der Waals surface area contributed by atoms with Gasteiger partial charge >= 0.3 is 0 Å². The van der Waals surface area contributed by atoms with E-state index in [-0.39, 0.29) is 17.9 Å². The second kappa shape index (κ2) is 6.35. The topological polar surface area (TPSA) is 70.6 Å². The van der Waals surface area contributed by atoms with Crippen LogP contribution in [0.5, 0.6) is 5.75 Å². The number of rotatable bonds is 6. The summed E-state index contributed by atoms with van der Waals surface area (Å²) in [5, 5.41) is 15.8. The molecule has 1 unspecified atom stereocenters. The summed E-state index contributed by atoms with van der Waals surface area (Å²) in [6, 6.07) is 5.65. The molecule has 0 aromatic heterocycles. The minimum atomic E-state index is -0.460. The predicted molar refractivity (Wildman–Crippen MR) is 83.8 cm³/mol. The van der Waals surface area contributed by atoms with Gasteiger partial charge in [-0.05, 0) is 38.0 Å². The number of aliphatic hydroxyl groups is 1. The summed E-state index contributed by atoms with van der Waals surface area (Å²) in [5.74, 6) is 0.554. The summed E-state index contributed by atoms with van der Waals surface area (Å²) in [6.45, 7) is 6.76. The van der Waals surface area contributed by atoms with Gasteiger partial charge in [-0.15, -0.1) is 0 Å². The summed E-state index contributed by atoms with van der Waals surface area (Å²) in [7, 11) is 0. The lowest BCUT2D eigenvalue weighted by Gasteiger charge is -2.30. The lowest BCUT2D eigenvalue weighted by atomic mass is 9.83. The van der Waals surface area contributed by atoms with Crippen molar-refractivity contribution in [2.75, 3.05) is 23.8 Å². The van der Waals surface area contributed by atoms with E-state index in [1.165, 1.54) is 0 Å². The van der Waals surface area contributed by atoms with Crippen molar-refractivity contribution in [3.05, 3.63) is 18.2 Å². The second-order valence-electron chi connectivity index (χ2n) is 5.68. The first kappa shape index (κ1) is 15.6. The Hall–Kier alpha value is -1.75. The van der Waals surface area contributed by atoms with Crippen molar-refractivity contribution in [1.82, 2.24) is 0 Å². The first-order valence-corrected chi connectivity index (χ1v) is 7.50. The van der Waals surface area contributed by atoms with Crippen molar-refractivity contribution >= 4 is 17.3 Å². The highest BCUT2D eigenvalue weighted by molar-refractivity contribution is 5.98. The van der Waals surface area contributed by atoms with Gasteiger partial charge in [0.15, 0.2) is 6.10 Å². The predicted octanol–water partition coefficient (Wildman–Crippen LogP) is 2.62. The Kier molecular flexibility index (Phi) is 4.73. The number of aliphatic hydroxyl groups excluding tert-OH is 1. The molecule has 0 aliphatic carbocycles. The monoisotopic (exact) mass is 292 g/mol. The van der Waals surface area contributed by atoms with Crippen molar-refractivity contribution in [1.29, 1.82) is 0 Å². The van der Waals surface area contributed by atoms with E-state index in [0.717, 1.165) is 18.5 Å². The Bertz CT molecular complexity index is 504. The highest BCUT2D eigenvalue weighted by Crippen LogP contribution is 2.33. The molecule has 116 valence electrons. The van der Waals surface area contributed by atoms with Crippen molar-refractivity contribution in [2.24, 2.45) is 5.41 Å². The van der Waals surface area contributed by atoms with Gasteiger partial charge in [-0.3, -0.25) is 4.79 Å². The van der Waals surface area contributed by atoms with Gasteiger partial charge in [-0.1, -0.05) is 13.8 Å². The van der Waals surface area contributed by atoms with E-state index in [2.05, 4.69) is 24.5 Å². The summed E-state index contributed by atoms with van der Waals surface area (Å²) in [4.78, 5) is 11.6. The van der Waals surface area contributed by atoms with E-state index < -0.39 is 6.10 Å². The molecule has 1 aliphatic rings. The number of anilines is 2. The van der Waals surface area contributed by atoms with Crippen LogP contribution >= 0.6 is 0 Å². The van der Waals surface area contributed by atoms with Crippen molar-refractivity contribution in [3.8, 4) is 5.75 Å². The molecule has 5 nitrogen and oxygen atoms in total. The lowest BCUT2D eigenvalue weighted by Crippen LogP contribution is -2.34. The molecule has 0 spiro atoms. The van der Waals surface area contributed by atoms with E-state index in [9.17, 15) is 9.90 Å². The maximum atomic E-state index is 11.6. The van der Waals surface area contributed by atoms with Crippen molar-refractivity contribution in [2.45, 2.75) is 39.7 Å². The van der Waals surface area contributed by atoms with Gasteiger partial charge in [0.05, 0.1) is 12.3 Å². The van der Waals surface area contributed by atoms with Crippen LogP contribution in [0.1, 0.15) is 33.6 Å². The van der Waals surface area contributed by atoms with Crippen LogP contribution in [0.25, 0.3) is 0 Å². The van der Waals surface area contributed by atoms with Crippen molar-refractivity contribution < 1.29 is 14.6 Å². The molecule has 1 amide bonds. The van der Waals surface area contributed by atoms with Crippen LogP contribution in [-0.4, -0.2) is 30.3 Å². The maximum Gasteiger partial charge on any atom is 0.265 e. The zero-order chi connectivity index (χ0) is 15.5. The summed E-state index contributed by atoms with van der Waals surface area (Å²) in [5.41, 5.74) is 1.49. The largest absolute Gasteiger partial charge is 0.479 e. The molecular weight excluding hydrogens is 268 g/mol. The Morgan fingerprint density at radius 3 is 2.71 bits per heavy atom. The quantitative estimate of drug-likeness (QED) is 0.754. The fraction of sp³-hybridized carbons (Fsp3) is 0.562. The van der Waals surface area contributed by atoms with Gasteiger partial charge in [-0.2, -0.15) is 0 Å². The Labute approximate surface area is 125 Å². The number of amides is 1. The standard InChI is InChI=1S/C16H24N2O3/c1-4-16(5-2,10-19)9-17-12-6-7-14-13(8-12)18-15(20)11(3)21-14/h6-8,11,17,19H,4-5,9-10H2,1-3H3,(H,18,20). The average Bonchev–Trinajstić information content (AvgIpc) is 2.50. The number of ether oxygens (including phenoxy) is 1. The molecule has 1 heterocycles. The summed E-state index contributed by atoms with van der Waals surface area (Å²) < 4.78 is 5.53. The summed E-state index contributed by atoms with van der Waals surface area (Å²) in [6.07, 6.45) is 1.36. The van der Waals surface area contributed by atoms with E-state index >= 15 is 0 Å². The van der Waals surface area contributed by atoms with E-state index in [1.54, 1.807) is 6.92 Å².